The summed E-state index contributed by atoms with van der Waals surface area (Å²) in [6.07, 6.45) is 3.92. The second kappa shape index (κ2) is 6.37. The Morgan fingerprint density at radius 2 is 2.07 bits per heavy atom. The molecule has 0 N–H and O–H groups in total. The van der Waals surface area contributed by atoms with E-state index in [1.165, 1.54) is 4.88 Å². The summed E-state index contributed by atoms with van der Waals surface area (Å²) >= 11 is 1.68. The van der Waals surface area contributed by atoms with Gasteiger partial charge in [0.2, 0.25) is 0 Å². The first kappa shape index (κ1) is 12.8. The number of hydrogen-bond donors (Lipinski definition) is 0. The molecule has 0 saturated carbocycles. The maximum absolute atomic E-state index is 10.7. The molecule has 1 heterocycles. The van der Waals surface area contributed by atoms with Crippen LogP contribution in [0, 0.1) is 0 Å². The molecule has 0 bridgehead atoms. The lowest BCUT2D eigenvalue weighted by molar-refractivity contribution is 0.0641. The van der Waals surface area contributed by atoms with E-state index in [-0.39, 0.29) is 14.3 Å². The zero-order chi connectivity index (χ0) is 11.1. The van der Waals surface area contributed by atoms with Crippen LogP contribution in [0.2, 0.25) is 0 Å². The van der Waals surface area contributed by atoms with Gasteiger partial charge < -0.3 is 0 Å². The molecule has 0 aromatic carbocycles. The van der Waals surface area contributed by atoms with Gasteiger partial charge in [0, 0.05) is 4.88 Å². The smallest absolute Gasteiger partial charge is 0.282 e. The molecular weight excluding hydrogens is 227 g/mol. The predicted molar refractivity (Wildman–Crippen MR) is 64.5 cm³/mol. The van der Waals surface area contributed by atoms with Gasteiger partial charge in [0.15, 0.2) is 0 Å². The minimum absolute atomic E-state index is 0.217. The van der Waals surface area contributed by atoms with Crippen LogP contribution in [0.4, 0.5) is 0 Å². The summed E-state index contributed by atoms with van der Waals surface area (Å²) in [7, 11) is -0.217. The van der Waals surface area contributed by atoms with Crippen molar-refractivity contribution in [3.8, 4) is 0 Å². The normalized spacial score (nSPS) is 12.1. The van der Waals surface area contributed by atoms with Crippen molar-refractivity contribution >= 4 is 20.0 Å². The summed E-state index contributed by atoms with van der Waals surface area (Å²) in [6.45, 7) is 4.26. The summed E-state index contributed by atoms with van der Waals surface area (Å²) in [5, 5.41) is 2.04. The summed E-state index contributed by atoms with van der Waals surface area (Å²) in [5.74, 6) is 0. The van der Waals surface area contributed by atoms with E-state index in [0.29, 0.717) is 0 Å². The predicted octanol–water partition coefficient (Wildman–Crippen LogP) is 4.77. The summed E-state index contributed by atoms with van der Waals surface area (Å²) < 4.78 is 16.2. The molecule has 0 amide bonds. The van der Waals surface area contributed by atoms with Crippen molar-refractivity contribution < 1.29 is 9.09 Å². The van der Waals surface area contributed by atoms with E-state index < -0.39 is 0 Å². The van der Waals surface area contributed by atoms with E-state index in [2.05, 4.69) is 19.9 Å². The van der Waals surface area contributed by atoms with Gasteiger partial charge in [-0.25, -0.2) is 4.57 Å². The van der Waals surface area contributed by atoms with E-state index in [1.807, 2.05) is 11.4 Å². The second-order valence-electron chi connectivity index (χ2n) is 3.64. The Morgan fingerprint density at radius 1 is 1.40 bits per heavy atom. The fraction of sp³-hybridized carbons (Fsp3) is 0.636. The van der Waals surface area contributed by atoms with Gasteiger partial charge in [-0.1, -0.05) is 32.8 Å². The van der Waals surface area contributed by atoms with Gasteiger partial charge in [-0.05, 0) is 24.3 Å². The Balaban J connectivity index is 2.95. The lowest BCUT2D eigenvalue weighted by Crippen LogP contribution is -2.25. The fourth-order valence-electron chi connectivity index (χ4n) is 1.92. The van der Waals surface area contributed by atoms with Crippen LogP contribution >= 0.6 is 20.0 Å². The Labute approximate surface area is 96.9 Å². The van der Waals surface area contributed by atoms with Gasteiger partial charge in [-0.3, -0.25) is 4.52 Å². The minimum Gasteiger partial charge on any atom is -0.282 e. The van der Waals surface area contributed by atoms with Gasteiger partial charge in [-0.2, -0.15) is 0 Å². The molecule has 1 aromatic heterocycles. The Morgan fingerprint density at radius 3 is 2.47 bits per heavy atom. The van der Waals surface area contributed by atoms with Crippen LogP contribution in [-0.2, 0) is 14.7 Å². The first-order valence-electron chi connectivity index (χ1n) is 5.34. The number of hydrogen-bond acceptors (Lipinski definition) is 3. The number of thiophene rings is 1. The third-order valence-electron chi connectivity index (χ3n) is 2.49. The van der Waals surface area contributed by atoms with E-state index in [1.54, 1.807) is 11.3 Å². The molecule has 0 radical (unpaired) electrons. The fourth-order valence-corrected chi connectivity index (χ4v) is 3.33. The van der Waals surface area contributed by atoms with Gasteiger partial charge in [0.25, 0.3) is 0 Å². The van der Waals surface area contributed by atoms with Gasteiger partial charge in [0.1, 0.15) is 5.60 Å². The highest BCUT2D eigenvalue weighted by Gasteiger charge is 2.33. The summed E-state index contributed by atoms with van der Waals surface area (Å²) in [4.78, 5) is 1.19. The average Bonchev–Trinajstić information content (AvgIpc) is 2.72. The molecule has 4 heteroatoms. The Kier molecular flexibility index (Phi) is 5.44. The molecule has 2 nitrogen and oxygen atoms in total. The number of rotatable bonds is 7. The van der Waals surface area contributed by atoms with Crippen LogP contribution in [0.15, 0.2) is 17.5 Å². The standard InChI is InChI=1S/C11H17O2PS/c1-3-7-11(8-4-2,13-14-12)10-6-5-9-15-10/h5-6,9H,3-4,7-8H2,1-2H3. The average molecular weight is 244 g/mol. The minimum atomic E-state index is -0.332. The monoisotopic (exact) mass is 244 g/mol. The quantitative estimate of drug-likeness (QED) is 0.646. The summed E-state index contributed by atoms with van der Waals surface area (Å²) in [5.41, 5.74) is -0.332. The maximum atomic E-state index is 10.7. The molecular formula is C11H17O2PS. The van der Waals surface area contributed by atoms with Crippen molar-refractivity contribution in [2.45, 2.75) is 45.1 Å². The lowest BCUT2D eigenvalue weighted by atomic mass is 9.91. The molecule has 0 atom stereocenters. The van der Waals surface area contributed by atoms with Gasteiger partial charge in [0.05, 0.1) is 0 Å². The van der Waals surface area contributed by atoms with Crippen molar-refractivity contribution in [1.82, 2.24) is 0 Å². The van der Waals surface area contributed by atoms with Crippen molar-refractivity contribution in [2.24, 2.45) is 0 Å². The first-order valence-corrected chi connectivity index (χ1v) is 6.95. The van der Waals surface area contributed by atoms with Crippen LogP contribution in [0.5, 0.6) is 0 Å². The van der Waals surface area contributed by atoms with E-state index in [0.717, 1.165) is 25.7 Å². The zero-order valence-electron chi connectivity index (χ0n) is 9.23. The molecule has 15 heavy (non-hydrogen) atoms. The molecule has 1 rings (SSSR count). The molecule has 0 fully saturated rings. The molecule has 0 aliphatic heterocycles. The van der Waals surface area contributed by atoms with Crippen molar-refractivity contribution in [1.29, 1.82) is 0 Å². The Hall–Kier alpha value is -0.240. The Bertz CT molecular complexity index is 279. The largest absolute Gasteiger partial charge is 0.328 e. The van der Waals surface area contributed by atoms with Crippen molar-refractivity contribution in [3.05, 3.63) is 22.4 Å². The molecule has 1 aromatic rings. The molecule has 84 valence electrons. The lowest BCUT2D eigenvalue weighted by Gasteiger charge is -2.29. The third-order valence-corrected chi connectivity index (χ3v) is 3.97. The molecule has 0 aliphatic carbocycles. The van der Waals surface area contributed by atoms with E-state index in [9.17, 15) is 4.57 Å². The first-order chi connectivity index (χ1) is 7.29. The highest BCUT2D eigenvalue weighted by atomic mass is 32.1. The van der Waals surface area contributed by atoms with Crippen LogP contribution in [0.25, 0.3) is 0 Å². The van der Waals surface area contributed by atoms with Crippen molar-refractivity contribution in [3.63, 3.8) is 0 Å². The summed E-state index contributed by atoms with van der Waals surface area (Å²) in [6, 6.07) is 4.09. The van der Waals surface area contributed by atoms with Crippen LogP contribution in [-0.4, -0.2) is 0 Å². The van der Waals surface area contributed by atoms with E-state index in [4.69, 9.17) is 4.52 Å². The second-order valence-corrected chi connectivity index (χ2v) is 4.92. The van der Waals surface area contributed by atoms with Gasteiger partial charge in [-0.15, -0.1) is 11.3 Å². The topological polar surface area (TPSA) is 26.3 Å². The van der Waals surface area contributed by atoms with Crippen LogP contribution < -0.4 is 0 Å². The van der Waals surface area contributed by atoms with Crippen molar-refractivity contribution in [2.75, 3.05) is 0 Å². The molecule has 0 saturated heterocycles. The van der Waals surface area contributed by atoms with Gasteiger partial charge >= 0.3 is 8.69 Å². The van der Waals surface area contributed by atoms with E-state index >= 15 is 0 Å². The SMILES string of the molecule is CCCC(CCC)(OP=O)c1cccs1. The third kappa shape index (κ3) is 3.10. The molecule has 0 spiro atoms. The van der Waals surface area contributed by atoms with Crippen LogP contribution in [0.3, 0.4) is 0 Å². The zero-order valence-corrected chi connectivity index (χ0v) is 10.9. The highest BCUT2D eigenvalue weighted by Crippen LogP contribution is 2.40. The highest BCUT2D eigenvalue weighted by molar-refractivity contribution is 7.17. The maximum Gasteiger partial charge on any atom is 0.328 e. The van der Waals surface area contributed by atoms with Crippen LogP contribution in [0.1, 0.15) is 44.4 Å². The molecule has 0 aliphatic rings. The molecule has 0 unspecified atom stereocenters.